The molecular formula is C14H27N3O. The molecule has 1 rings (SSSR count). The van der Waals surface area contributed by atoms with Crippen molar-refractivity contribution in [1.29, 1.82) is 0 Å². The van der Waals surface area contributed by atoms with Crippen LogP contribution in [0.3, 0.4) is 0 Å². The zero-order chi connectivity index (χ0) is 13.6. The molecular weight excluding hydrogens is 226 g/mol. The predicted octanol–water partition coefficient (Wildman–Crippen LogP) is 2.14. The number of hydrogen-bond acceptors (Lipinski definition) is 3. The van der Waals surface area contributed by atoms with Crippen LogP contribution in [-0.2, 0) is 12.1 Å². The highest BCUT2D eigenvalue weighted by Gasteiger charge is 2.13. The largest absolute Gasteiger partial charge is 0.396 e. The molecule has 0 aliphatic rings. The van der Waals surface area contributed by atoms with Crippen LogP contribution in [0.15, 0.2) is 12.4 Å². The molecule has 0 saturated heterocycles. The Morgan fingerprint density at radius 2 is 2.17 bits per heavy atom. The maximum Gasteiger partial charge on any atom is 0.0543 e. The van der Waals surface area contributed by atoms with Gasteiger partial charge in [-0.05, 0) is 46.1 Å². The second-order valence-corrected chi connectivity index (χ2v) is 6.07. The molecule has 4 heteroatoms. The van der Waals surface area contributed by atoms with Gasteiger partial charge in [0.2, 0.25) is 0 Å². The molecule has 4 nitrogen and oxygen atoms in total. The highest BCUT2D eigenvalue weighted by atomic mass is 16.3. The maximum absolute atomic E-state index is 8.92. The Morgan fingerprint density at radius 3 is 2.72 bits per heavy atom. The van der Waals surface area contributed by atoms with E-state index in [1.807, 2.05) is 10.9 Å². The van der Waals surface area contributed by atoms with Gasteiger partial charge in [-0.2, -0.15) is 5.10 Å². The van der Waals surface area contributed by atoms with Crippen LogP contribution in [0.25, 0.3) is 0 Å². The molecule has 1 aromatic rings. The van der Waals surface area contributed by atoms with Crippen LogP contribution in [0.4, 0.5) is 0 Å². The van der Waals surface area contributed by atoms with Gasteiger partial charge in [-0.15, -0.1) is 0 Å². The molecule has 0 aliphatic carbocycles. The van der Waals surface area contributed by atoms with E-state index >= 15 is 0 Å². The summed E-state index contributed by atoms with van der Waals surface area (Å²) in [5.41, 5.74) is 1.27. The van der Waals surface area contributed by atoms with Gasteiger partial charge in [-0.1, -0.05) is 6.92 Å². The van der Waals surface area contributed by atoms with E-state index in [0.29, 0.717) is 12.5 Å². The minimum Gasteiger partial charge on any atom is -0.396 e. The lowest BCUT2D eigenvalue weighted by atomic mass is 10.1. The van der Waals surface area contributed by atoms with Gasteiger partial charge < -0.3 is 10.4 Å². The summed E-state index contributed by atoms with van der Waals surface area (Å²) >= 11 is 0. The van der Waals surface area contributed by atoms with Gasteiger partial charge in [0.05, 0.1) is 11.7 Å². The van der Waals surface area contributed by atoms with Crippen LogP contribution in [0.5, 0.6) is 0 Å². The molecule has 1 heterocycles. The minimum atomic E-state index is 0.0504. The molecule has 0 saturated carbocycles. The molecule has 0 radical (unpaired) electrons. The summed E-state index contributed by atoms with van der Waals surface area (Å²) in [5, 5.41) is 16.7. The molecule has 1 aromatic heterocycles. The summed E-state index contributed by atoms with van der Waals surface area (Å²) in [7, 11) is 0. The number of nitrogens with zero attached hydrogens (tertiary/aromatic N) is 2. The fraction of sp³-hybridized carbons (Fsp3) is 0.786. The monoisotopic (exact) mass is 253 g/mol. The number of aromatic nitrogens is 2. The van der Waals surface area contributed by atoms with Crippen LogP contribution in [0, 0.1) is 5.92 Å². The van der Waals surface area contributed by atoms with Crippen molar-refractivity contribution in [3.63, 3.8) is 0 Å². The van der Waals surface area contributed by atoms with Gasteiger partial charge in [0.1, 0.15) is 0 Å². The van der Waals surface area contributed by atoms with Crippen molar-refractivity contribution in [2.24, 2.45) is 5.92 Å². The number of hydrogen-bond donors (Lipinski definition) is 2. The smallest absolute Gasteiger partial charge is 0.0543 e. The lowest BCUT2D eigenvalue weighted by Gasteiger charge is -2.18. The first-order valence-electron chi connectivity index (χ1n) is 6.79. The molecule has 1 unspecified atom stereocenters. The Labute approximate surface area is 110 Å². The highest BCUT2D eigenvalue weighted by molar-refractivity contribution is 5.04. The number of rotatable bonds is 7. The zero-order valence-electron chi connectivity index (χ0n) is 12.1. The molecule has 0 bridgehead atoms. The average molecular weight is 253 g/mol. The summed E-state index contributed by atoms with van der Waals surface area (Å²) < 4.78 is 2.00. The second kappa shape index (κ2) is 6.90. The van der Waals surface area contributed by atoms with E-state index in [1.165, 1.54) is 5.56 Å². The van der Waals surface area contributed by atoms with Crippen LogP contribution in [0.1, 0.15) is 46.1 Å². The summed E-state index contributed by atoms with van der Waals surface area (Å²) in [4.78, 5) is 0. The highest BCUT2D eigenvalue weighted by Crippen LogP contribution is 2.13. The minimum absolute atomic E-state index is 0.0504. The van der Waals surface area contributed by atoms with Crippen LogP contribution < -0.4 is 5.32 Å². The van der Waals surface area contributed by atoms with Crippen molar-refractivity contribution in [1.82, 2.24) is 15.1 Å². The third-order valence-corrected chi connectivity index (χ3v) is 3.01. The van der Waals surface area contributed by atoms with E-state index in [1.54, 1.807) is 0 Å². The third-order valence-electron chi connectivity index (χ3n) is 3.01. The Kier molecular flexibility index (Phi) is 5.82. The van der Waals surface area contributed by atoms with Crippen molar-refractivity contribution in [3.05, 3.63) is 18.0 Å². The molecule has 0 aliphatic heterocycles. The SMILES string of the molecule is CC(CO)CCCNCc1cnn(C(C)(C)C)c1. The molecule has 0 amide bonds. The molecule has 104 valence electrons. The summed E-state index contributed by atoms with van der Waals surface area (Å²) in [5.74, 6) is 0.412. The van der Waals surface area contributed by atoms with E-state index in [2.05, 4.69) is 44.3 Å². The number of nitrogens with one attached hydrogen (secondary N) is 1. The molecule has 2 N–H and O–H groups in total. The first-order chi connectivity index (χ1) is 8.43. The van der Waals surface area contributed by atoms with Crippen LogP contribution in [-0.4, -0.2) is 28.0 Å². The van der Waals surface area contributed by atoms with Crippen molar-refractivity contribution >= 4 is 0 Å². The fourth-order valence-corrected chi connectivity index (χ4v) is 1.72. The Balaban J connectivity index is 2.22. The summed E-state index contributed by atoms with van der Waals surface area (Å²) in [6, 6.07) is 0. The Bertz CT molecular complexity index is 341. The third kappa shape index (κ3) is 5.19. The van der Waals surface area contributed by atoms with Gasteiger partial charge in [0, 0.05) is 24.9 Å². The molecule has 0 fully saturated rings. The molecule has 0 aromatic carbocycles. The molecule has 18 heavy (non-hydrogen) atoms. The van der Waals surface area contributed by atoms with Gasteiger partial charge in [0.15, 0.2) is 0 Å². The van der Waals surface area contributed by atoms with E-state index in [9.17, 15) is 0 Å². The van der Waals surface area contributed by atoms with E-state index < -0.39 is 0 Å². The zero-order valence-corrected chi connectivity index (χ0v) is 12.1. The van der Waals surface area contributed by atoms with E-state index in [-0.39, 0.29) is 5.54 Å². The fourth-order valence-electron chi connectivity index (χ4n) is 1.72. The Hall–Kier alpha value is -0.870. The van der Waals surface area contributed by atoms with Gasteiger partial charge in [0.25, 0.3) is 0 Å². The summed E-state index contributed by atoms with van der Waals surface area (Å²) in [6.45, 7) is 10.7. The number of aliphatic hydroxyl groups is 1. The normalized spacial score (nSPS) is 13.8. The lowest BCUT2D eigenvalue weighted by Crippen LogP contribution is -2.22. The van der Waals surface area contributed by atoms with Gasteiger partial charge >= 0.3 is 0 Å². The first kappa shape index (κ1) is 15.2. The summed E-state index contributed by atoms with van der Waals surface area (Å²) in [6.07, 6.45) is 6.21. The topological polar surface area (TPSA) is 50.1 Å². The maximum atomic E-state index is 8.92. The van der Waals surface area contributed by atoms with Gasteiger partial charge in [-0.3, -0.25) is 4.68 Å². The van der Waals surface area contributed by atoms with E-state index in [4.69, 9.17) is 5.11 Å². The standard InChI is InChI=1S/C14H27N3O/c1-12(11-18)6-5-7-15-8-13-9-16-17(10-13)14(2,3)4/h9-10,12,15,18H,5-8,11H2,1-4H3. The predicted molar refractivity (Wildman–Crippen MR) is 74.4 cm³/mol. The molecule has 0 spiro atoms. The average Bonchev–Trinajstić information content (AvgIpc) is 2.76. The van der Waals surface area contributed by atoms with Crippen LogP contribution >= 0.6 is 0 Å². The van der Waals surface area contributed by atoms with Crippen molar-refractivity contribution in [2.45, 2.75) is 52.6 Å². The number of aliphatic hydroxyl groups excluding tert-OH is 1. The van der Waals surface area contributed by atoms with Crippen molar-refractivity contribution in [3.8, 4) is 0 Å². The second-order valence-electron chi connectivity index (χ2n) is 6.07. The van der Waals surface area contributed by atoms with Gasteiger partial charge in [-0.25, -0.2) is 0 Å². The quantitative estimate of drug-likeness (QED) is 0.732. The molecule has 1 atom stereocenters. The Morgan fingerprint density at radius 1 is 1.44 bits per heavy atom. The van der Waals surface area contributed by atoms with E-state index in [0.717, 1.165) is 25.9 Å². The lowest BCUT2D eigenvalue weighted by molar-refractivity contribution is 0.228. The van der Waals surface area contributed by atoms with Crippen molar-refractivity contribution < 1.29 is 5.11 Å². The first-order valence-corrected chi connectivity index (χ1v) is 6.79. The van der Waals surface area contributed by atoms with Crippen LogP contribution in [0.2, 0.25) is 0 Å². The van der Waals surface area contributed by atoms with Crippen molar-refractivity contribution in [2.75, 3.05) is 13.2 Å².